The van der Waals surface area contributed by atoms with E-state index >= 15 is 0 Å². The van der Waals surface area contributed by atoms with E-state index in [2.05, 4.69) is 37.9 Å². The first-order valence-corrected chi connectivity index (χ1v) is 7.34. The molecule has 1 aromatic heterocycles. The molecule has 0 fully saturated rings. The Kier molecular flexibility index (Phi) is 5.54. The largest absolute Gasteiger partial charge is 0.438 e. The third-order valence-corrected chi connectivity index (χ3v) is 3.32. The molecule has 2 aromatic rings. The molecule has 6 heteroatoms. The van der Waals surface area contributed by atoms with Crippen LogP contribution in [0.3, 0.4) is 0 Å². The molecule has 0 aliphatic carbocycles. The molecule has 0 bridgehead atoms. The molecule has 1 heterocycles. The Labute approximate surface area is 131 Å². The summed E-state index contributed by atoms with van der Waals surface area (Å²) in [5.74, 6) is 2.60. The third-order valence-electron chi connectivity index (χ3n) is 2.43. The predicted molar refractivity (Wildman–Crippen MR) is 86.1 cm³/mol. The standard InChI is InChI=1S/C14H16IN3O2/c1-3-16-12-8-14(18-13(17-12)9-19-2)20-11-7-5-4-6-10(11)15/h4-8H,3,9H2,1-2H3,(H,16,17,18). The van der Waals surface area contributed by atoms with E-state index in [1.165, 1.54) is 0 Å². The minimum absolute atomic E-state index is 0.349. The highest BCUT2D eigenvalue weighted by molar-refractivity contribution is 14.1. The fourth-order valence-corrected chi connectivity index (χ4v) is 2.13. The molecule has 1 N–H and O–H groups in total. The fraction of sp³-hybridized carbons (Fsp3) is 0.286. The number of para-hydroxylation sites is 1. The topological polar surface area (TPSA) is 56.3 Å². The Balaban J connectivity index is 2.28. The van der Waals surface area contributed by atoms with Crippen LogP contribution in [0, 0.1) is 3.57 Å². The lowest BCUT2D eigenvalue weighted by molar-refractivity contribution is 0.177. The number of hydrogen-bond donors (Lipinski definition) is 1. The van der Waals surface area contributed by atoms with Gasteiger partial charge >= 0.3 is 0 Å². The van der Waals surface area contributed by atoms with Gasteiger partial charge in [-0.2, -0.15) is 4.98 Å². The van der Waals surface area contributed by atoms with E-state index in [-0.39, 0.29) is 0 Å². The van der Waals surface area contributed by atoms with Crippen LogP contribution in [0.4, 0.5) is 5.82 Å². The summed E-state index contributed by atoms with van der Waals surface area (Å²) in [4.78, 5) is 8.69. The van der Waals surface area contributed by atoms with Crippen molar-refractivity contribution in [3.8, 4) is 11.6 Å². The summed E-state index contributed by atoms with van der Waals surface area (Å²) in [6.45, 7) is 3.14. The van der Waals surface area contributed by atoms with E-state index in [4.69, 9.17) is 9.47 Å². The Morgan fingerprint density at radius 3 is 2.75 bits per heavy atom. The molecule has 1 aromatic carbocycles. The van der Waals surface area contributed by atoms with E-state index in [9.17, 15) is 0 Å². The Bertz CT molecular complexity index is 554. The van der Waals surface area contributed by atoms with Crippen LogP contribution in [0.1, 0.15) is 12.7 Å². The van der Waals surface area contributed by atoms with Crippen LogP contribution < -0.4 is 10.1 Å². The van der Waals surface area contributed by atoms with Gasteiger partial charge in [-0.15, -0.1) is 0 Å². The highest BCUT2D eigenvalue weighted by Crippen LogP contribution is 2.26. The molecule has 0 unspecified atom stereocenters. The molecule has 2 rings (SSSR count). The Hall–Kier alpha value is -1.41. The van der Waals surface area contributed by atoms with Gasteiger partial charge in [-0.05, 0) is 41.6 Å². The molecular weight excluding hydrogens is 369 g/mol. The van der Waals surface area contributed by atoms with Crippen molar-refractivity contribution in [3.63, 3.8) is 0 Å². The summed E-state index contributed by atoms with van der Waals surface area (Å²) >= 11 is 2.23. The second-order valence-electron chi connectivity index (χ2n) is 4.00. The second kappa shape index (κ2) is 7.39. The van der Waals surface area contributed by atoms with Crippen molar-refractivity contribution in [2.45, 2.75) is 13.5 Å². The van der Waals surface area contributed by atoms with Gasteiger partial charge in [0, 0.05) is 19.7 Å². The number of aromatic nitrogens is 2. The zero-order valence-corrected chi connectivity index (χ0v) is 13.5. The van der Waals surface area contributed by atoms with E-state index in [0.717, 1.165) is 21.7 Å². The minimum atomic E-state index is 0.349. The monoisotopic (exact) mass is 385 g/mol. The Morgan fingerprint density at radius 1 is 1.25 bits per heavy atom. The van der Waals surface area contributed by atoms with E-state index in [1.54, 1.807) is 13.2 Å². The number of anilines is 1. The van der Waals surface area contributed by atoms with E-state index < -0.39 is 0 Å². The van der Waals surface area contributed by atoms with Crippen LogP contribution >= 0.6 is 22.6 Å². The number of ether oxygens (including phenoxy) is 2. The SMILES string of the molecule is CCNc1cc(Oc2ccccc2I)nc(COC)n1. The van der Waals surface area contributed by atoms with E-state index in [1.807, 2.05) is 31.2 Å². The number of methoxy groups -OCH3 is 1. The van der Waals surface area contributed by atoms with Crippen LogP contribution in [0.25, 0.3) is 0 Å². The number of rotatable bonds is 6. The van der Waals surface area contributed by atoms with Crippen LogP contribution in [-0.2, 0) is 11.3 Å². The summed E-state index contributed by atoms with van der Waals surface area (Å²) in [5.41, 5.74) is 0. The number of nitrogens with one attached hydrogen (secondary N) is 1. The molecule has 0 radical (unpaired) electrons. The maximum Gasteiger partial charge on any atom is 0.224 e. The van der Waals surface area contributed by atoms with Crippen molar-refractivity contribution in [3.05, 3.63) is 39.7 Å². The summed E-state index contributed by atoms with van der Waals surface area (Å²) in [5, 5.41) is 3.16. The maximum atomic E-state index is 5.83. The van der Waals surface area contributed by atoms with Crippen LogP contribution in [-0.4, -0.2) is 23.6 Å². The number of nitrogens with zero attached hydrogens (tertiary/aromatic N) is 2. The zero-order valence-electron chi connectivity index (χ0n) is 11.4. The number of benzene rings is 1. The quantitative estimate of drug-likeness (QED) is 0.772. The van der Waals surface area contributed by atoms with Gasteiger partial charge in [0.25, 0.3) is 0 Å². The molecule has 0 spiro atoms. The van der Waals surface area contributed by atoms with Crippen molar-refractivity contribution >= 4 is 28.4 Å². The lowest BCUT2D eigenvalue weighted by Gasteiger charge is -2.10. The molecule has 5 nitrogen and oxygen atoms in total. The fourth-order valence-electron chi connectivity index (χ4n) is 1.63. The molecular formula is C14H16IN3O2. The van der Waals surface area contributed by atoms with Gasteiger partial charge in [-0.1, -0.05) is 12.1 Å². The molecule has 0 aliphatic rings. The minimum Gasteiger partial charge on any atom is -0.438 e. The van der Waals surface area contributed by atoms with Gasteiger partial charge in [0.15, 0.2) is 5.82 Å². The van der Waals surface area contributed by atoms with Gasteiger partial charge in [0.05, 0.1) is 3.57 Å². The van der Waals surface area contributed by atoms with Crippen molar-refractivity contribution in [1.29, 1.82) is 0 Å². The molecule has 0 amide bonds. The summed E-state index contributed by atoms with van der Waals surface area (Å²) < 4.78 is 11.9. The van der Waals surface area contributed by atoms with Crippen molar-refractivity contribution in [2.24, 2.45) is 0 Å². The first-order chi connectivity index (χ1) is 9.72. The number of hydrogen-bond acceptors (Lipinski definition) is 5. The first kappa shape index (κ1) is 15.0. The first-order valence-electron chi connectivity index (χ1n) is 6.26. The maximum absolute atomic E-state index is 5.83. The molecule has 0 atom stereocenters. The van der Waals surface area contributed by atoms with Crippen molar-refractivity contribution in [1.82, 2.24) is 9.97 Å². The van der Waals surface area contributed by atoms with Gasteiger partial charge in [-0.25, -0.2) is 4.98 Å². The van der Waals surface area contributed by atoms with Gasteiger partial charge < -0.3 is 14.8 Å². The highest BCUT2D eigenvalue weighted by atomic mass is 127. The third kappa shape index (κ3) is 4.04. The molecule has 20 heavy (non-hydrogen) atoms. The van der Waals surface area contributed by atoms with Gasteiger partial charge in [0.1, 0.15) is 18.2 Å². The van der Waals surface area contributed by atoms with E-state index in [0.29, 0.717) is 18.3 Å². The Morgan fingerprint density at radius 2 is 2.05 bits per heavy atom. The average Bonchev–Trinajstić information content (AvgIpc) is 2.42. The second-order valence-corrected chi connectivity index (χ2v) is 5.17. The van der Waals surface area contributed by atoms with Crippen molar-refractivity contribution in [2.75, 3.05) is 19.0 Å². The molecule has 106 valence electrons. The summed E-state index contributed by atoms with van der Waals surface area (Å²) in [6, 6.07) is 9.58. The van der Waals surface area contributed by atoms with Crippen LogP contribution in [0.5, 0.6) is 11.6 Å². The van der Waals surface area contributed by atoms with Gasteiger partial charge in [-0.3, -0.25) is 0 Å². The lowest BCUT2D eigenvalue weighted by Crippen LogP contribution is -2.05. The number of halogens is 1. The van der Waals surface area contributed by atoms with Crippen molar-refractivity contribution < 1.29 is 9.47 Å². The summed E-state index contributed by atoms with van der Waals surface area (Å²) in [6.07, 6.45) is 0. The molecule has 0 aliphatic heterocycles. The summed E-state index contributed by atoms with van der Waals surface area (Å²) in [7, 11) is 1.62. The normalized spacial score (nSPS) is 10.3. The highest BCUT2D eigenvalue weighted by Gasteiger charge is 2.08. The smallest absolute Gasteiger partial charge is 0.224 e. The van der Waals surface area contributed by atoms with Gasteiger partial charge in [0.2, 0.25) is 5.88 Å². The molecule has 0 saturated heterocycles. The molecule has 0 saturated carbocycles. The zero-order chi connectivity index (χ0) is 14.4. The van der Waals surface area contributed by atoms with Crippen LogP contribution in [0.15, 0.2) is 30.3 Å². The predicted octanol–water partition coefficient (Wildman–Crippen LogP) is 3.45. The lowest BCUT2D eigenvalue weighted by atomic mass is 10.3. The van der Waals surface area contributed by atoms with Crippen LogP contribution in [0.2, 0.25) is 0 Å². The average molecular weight is 385 g/mol.